The molecule has 2 amide bonds. The first-order chi connectivity index (χ1) is 11.1. The van der Waals surface area contributed by atoms with Gasteiger partial charge in [-0.15, -0.1) is 0 Å². The molecule has 0 aliphatic carbocycles. The van der Waals surface area contributed by atoms with Crippen molar-refractivity contribution in [3.05, 3.63) is 34.9 Å². The summed E-state index contributed by atoms with van der Waals surface area (Å²) in [6.07, 6.45) is 0.332. The van der Waals surface area contributed by atoms with Crippen molar-refractivity contribution in [1.29, 1.82) is 0 Å². The van der Waals surface area contributed by atoms with Crippen LogP contribution < -0.4 is 5.32 Å². The van der Waals surface area contributed by atoms with Gasteiger partial charge in [-0.1, -0.05) is 23.7 Å². The first-order valence-corrected chi connectivity index (χ1v) is 8.52. The molecule has 6 heteroatoms. The molecule has 0 spiro atoms. The topological polar surface area (TPSA) is 52.7 Å². The van der Waals surface area contributed by atoms with Crippen molar-refractivity contribution in [2.24, 2.45) is 5.92 Å². The molecular weight excluding hydrogens is 314 g/mol. The van der Waals surface area contributed by atoms with Crippen LogP contribution >= 0.6 is 11.6 Å². The number of hydrogen-bond donors (Lipinski definition) is 1. The van der Waals surface area contributed by atoms with Crippen LogP contribution in [-0.2, 0) is 9.59 Å². The molecule has 1 aromatic rings. The van der Waals surface area contributed by atoms with Crippen LogP contribution in [-0.4, -0.2) is 54.3 Å². The Kier molecular flexibility index (Phi) is 4.87. The third-order valence-electron chi connectivity index (χ3n) is 4.71. The highest BCUT2D eigenvalue weighted by atomic mass is 35.5. The largest absolute Gasteiger partial charge is 0.342 e. The summed E-state index contributed by atoms with van der Waals surface area (Å²) in [6.45, 7) is 5.31. The van der Waals surface area contributed by atoms with E-state index in [1.807, 2.05) is 36.1 Å². The second kappa shape index (κ2) is 6.89. The quantitative estimate of drug-likeness (QED) is 0.914. The van der Waals surface area contributed by atoms with Gasteiger partial charge in [0.1, 0.15) is 0 Å². The number of carbonyl (C=O) groups excluding carboxylic acids is 2. The van der Waals surface area contributed by atoms with Crippen molar-refractivity contribution in [3.8, 4) is 0 Å². The van der Waals surface area contributed by atoms with Crippen LogP contribution in [0.2, 0.25) is 5.02 Å². The molecule has 2 atom stereocenters. The highest BCUT2D eigenvalue weighted by molar-refractivity contribution is 6.30. The Labute approximate surface area is 141 Å². The van der Waals surface area contributed by atoms with Gasteiger partial charge in [0.05, 0.1) is 12.0 Å². The molecule has 2 fully saturated rings. The number of amides is 2. The van der Waals surface area contributed by atoms with Gasteiger partial charge in [-0.2, -0.15) is 0 Å². The number of nitrogens with zero attached hydrogens (tertiary/aromatic N) is 2. The van der Waals surface area contributed by atoms with Gasteiger partial charge in [-0.05, 0) is 24.6 Å². The van der Waals surface area contributed by atoms with E-state index in [4.69, 9.17) is 11.6 Å². The summed E-state index contributed by atoms with van der Waals surface area (Å²) >= 11 is 6.10. The number of likely N-dealkylation sites (tertiary alicyclic amines) is 1. The smallest absolute Gasteiger partial charge is 0.228 e. The predicted molar refractivity (Wildman–Crippen MR) is 89.1 cm³/mol. The Morgan fingerprint density at radius 3 is 2.96 bits per heavy atom. The third-order valence-corrected chi connectivity index (χ3v) is 4.94. The molecule has 2 aliphatic heterocycles. The fraction of sp³-hybridized carbons (Fsp3) is 0.529. The molecule has 0 radical (unpaired) electrons. The van der Waals surface area contributed by atoms with Crippen LogP contribution in [0.25, 0.3) is 0 Å². The maximum atomic E-state index is 13.0. The summed E-state index contributed by atoms with van der Waals surface area (Å²) in [5, 5.41) is 4.02. The van der Waals surface area contributed by atoms with Crippen molar-refractivity contribution >= 4 is 23.4 Å². The highest BCUT2D eigenvalue weighted by Gasteiger charge is 2.38. The number of carbonyl (C=O) groups is 2. The molecule has 2 unspecified atom stereocenters. The lowest BCUT2D eigenvalue weighted by Gasteiger charge is -2.38. The van der Waals surface area contributed by atoms with Gasteiger partial charge in [0.15, 0.2) is 0 Å². The number of hydrogen-bond acceptors (Lipinski definition) is 3. The molecule has 0 aromatic heterocycles. The Hall–Kier alpha value is -1.59. The average molecular weight is 336 g/mol. The second-order valence-corrected chi connectivity index (χ2v) is 6.58. The van der Waals surface area contributed by atoms with E-state index in [-0.39, 0.29) is 23.8 Å². The minimum Gasteiger partial charge on any atom is -0.342 e. The zero-order valence-electron chi connectivity index (χ0n) is 13.3. The molecule has 23 heavy (non-hydrogen) atoms. The number of nitrogens with one attached hydrogen (secondary N) is 1. The molecule has 1 N–H and O–H groups in total. The van der Waals surface area contributed by atoms with E-state index in [0.717, 1.165) is 12.1 Å². The molecule has 124 valence electrons. The van der Waals surface area contributed by atoms with E-state index in [1.165, 1.54) is 0 Å². The molecule has 3 rings (SSSR count). The van der Waals surface area contributed by atoms with Gasteiger partial charge in [0.25, 0.3) is 0 Å². The summed E-state index contributed by atoms with van der Waals surface area (Å²) in [4.78, 5) is 28.6. The second-order valence-electron chi connectivity index (χ2n) is 6.14. The molecule has 2 saturated heterocycles. The van der Waals surface area contributed by atoms with Gasteiger partial charge in [-0.3, -0.25) is 9.59 Å². The Morgan fingerprint density at radius 1 is 1.43 bits per heavy atom. The normalized spacial score (nSPS) is 25.0. The van der Waals surface area contributed by atoms with Gasteiger partial charge in [0.2, 0.25) is 11.8 Å². The molecule has 2 heterocycles. The summed E-state index contributed by atoms with van der Waals surface area (Å²) < 4.78 is 0. The summed E-state index contributed by atoms with van der Waals surface area (Å²) in [5.41, 5.74) is 1.04. The zero-order chi connectivity index (χ0) is 16.4. The van der Waals surface area contributed by atoms with E-state index < -0.39 is 0 Å². The fourth-order valence-electron chi connectivity index (χ4n) is 3.46. The Balaban J connectivity index is 1.79. The maximum Gasteiger partial charge on any atom is 0.228 e. The van der Waals surface area contributed by atoms with E-state index in [0.29, 0.717) is 37.6 Å². The minimum absolute atomic E-state index is 0.0271. The number of rotatable bonds is 3. The van der Waals surface area contributed by atoms with E-state index >= 15 is 0 Å². The lowest BCUT2D eigenvalue weighted by molar-refractivity contribution is -0.139. The first-order valence-electron chi connectivity index (χ1n) is 8.14. The number of halogens is 1. The van der Waals surface area contributed by atoms with Crippen LogP contribution in [0.4, 0.5) is 0 Å². The van der Waals surface area contributed by atoms with Crippen LogP contribution in [0.5, 0.6) is 0 Å². The van der Waals surface area contributed by atoms with Crippen LogP contribution in [0.3, 0.4) is 0 Å². The van der Waals surface area contributed by atoms with Gasteiger partial charge >= 0.3 is 0 Å². The standard InChI is InChI=1S/C17H22ClN3O2/c1-2-20-11-13(9-16(20)22)17(23)21-7-6-19-10-15(21)12-4-3-5-14(18)8-12/h3-5,8,13,15,19H,2,6-7,9-11H2,1H3. The first kappa shape index (κ1) is 16.3. The zero-order valence-corrected chi connectivity index (χ0v) is 14.1. The van der Waals surface area contributed by atoms with Crippen molar-refractivity contribution in [3.63, 3.8) is 0 Å². The van der Waals surface area contributed by atoms with Crippen molar-refractivity contribution in [2.45, 2.75) is 19.4 Å². The average Bonchev–Trinajstić information content (AvgIpc) is 2.95. The molecule has 0 saturated carbocycles. The van der Waals surface area contributed by atoms with E-state index in [1.54, 1.807) is 4.90 Å². The monoisotopic (exact) mass is 335 g/mol. The van der Waals surface area contributed by atoms with Crippen molar-refractivity contribution < 1.29 is 9.59 Å². The summed E-state index contributed by atoms with van der Waals surface area (Å²) in [5.74, 6) is -0.0525. The van der Waals surface area contributed by atoms with Crippen molar-refractivity contribution in [1.82, 2.24) is 15.1 Å². The van der Waals surface area contributed by atoms with Crippen molar-refractivity contribution in [2.75, 3.05) is 32.7 Å². The molecule has 1 aromatic carbocycles. The molecular formula is C17H22ClN3O2. The van der Waals surface area contributed by atoms with Gasteiger partial charge in [0, 0.05) is 44.2 Å². The van der Waals surface area contributed by atoms with Crippen LogP contribution in [0.1, 0.15) is 24.9 Å². The SMILES string of the molecule is CCN1CC(C(=O)N2CCNCC2c2cccc(Cl)c2)CC1=O. The third kappa shape index (κ3) is 3.35. The van der Waals surface area contributed by atoms with Gasteiger partial charge < -0.3 is 15.1 Å². The molecule has 5 nitrogen and oxygen atoms in total. The maximum absolute atomic E-state index is 13.0. The predicted octanol–water partition coefficient (Wildman–Crippen LogP) is 1.68. The summed E-state index contributed by atoms with van der Waals surface area (Å²) in [6, 6.07) is 7.63. The Bertz CT molecular complexity index is 607. The van der Waals surface area contributed by atoms with E-state index in [2.05, 4.69) is 5.32 Å². The lowest BCUT2D eigenvalue weighted by atomic mass is 9.99. The molecule has 2 aliphatic rings. The number of benzene rings is 1. The fourth-order valence-corrected chi connectivity index (χ4v) is 3.66. The summed E-state index contributed by atoms with van der Waals surface area (Å²) in [7, 11) is 0. The highest BCUT2D eigenvalue weighted by Crippen LogP contribution is 2.28. The molecule has 0 bridgehead atoms. The van der Waals surface area contributed by atoms with Crippen LogP contribution in [0, 0.1) is 5.92 Å². The van der Waals surface area contributed by atoms with Gasteiger partial charge in [-0.25, -0.2) is 0 Å². The minimum atomic E-state index is -0.220. The van der Waals surface area contributed by atoms with E-state index in [9.17, 15) is 9.59 Å². The Morgan fingerprint density at radius 2 is 2.26 bits per heavy atom. The van der Waals surface area contributed by atoms with Crippen LogP contribution in [0.15, 0.2) is 24.3 Å². The number of piperazine rings is 1. The lowest BCUT2D eigenvalue weighted by Crippen LogP contribution is -2.50.